The predicted molar refractivity (Wildman–Crippen MR) is 124 cm³/mol. The molecule has 0 atom stereocenters. The van der Waals surface area contributed by atoms with E-state index in [2.05, 4.69) is 31.5 Å². The summed E-state index contributed by atoms with van der Waals surface area (Å²) in [5.74, 6) is 0.0615. The zero-order valence-electron chi connectivity index (χ0n) is 17.0. The van der Waals surface area contributed by atoms with Crippen LogP contribution in [0.5, 0.6) is 0 Å². The van der Waals surface area contributed by atoms with Gasteiger partial charge in [0.05, 0.1) is 11.3 Å². The molecule has 0 spiro atoms. The van der Waals surface area contributed by atoms with E-state index in [0.29, 0.717) is 16.9 Å². The lowest BCUT2D eigenvalue weighted by Gasteiger charge is -2.29. The molecule has 7 heteroatoms. The summed E-state index contributed by atoms with van der Waals surface area (Å²) < 4.78 is 0.811. The van der Waals surface area contributed by atoms with Gasteiger partial charge in [-0.15, -0.1) is 0 Å². The molecule has 158 valence electrons. The van der Waals surface area contributed by atoms with Crippen molar-refractivity contribution in [2.24, 2.45) is 0 Å². The number of carbonyl (C=O) groups is 2. The van der Waals surface area contributed by atoms with Crippen LogP contribution in [0.3, 0.4) is 0 Å². The summed E-state index contributed by atoms with van der Waals surface area (Å²) in [6, 6.07) is 12.8. The van der Waals surface area contributed by atoms with E-state index >= 15 is 0 Å². The van der Waals surface area contributed by atoms with Crippen LogP contribution in [0, 0.1) is 0 Å². The maximum absolute atomic E-state index is 13.3. The number of amides is 3. The number of hydrogen-bond donors (Lipinski definition) is 2. The molecule has 4 rings (SSSR count). The van der Waals surface area contributed by atoms with Crippen molar-refractivity contribution in [2.45, 2.75) is 32.1 Å². The van der Waals surface area contributed by atoms with Gasteiger partial charge >= 0.3 is 6.03 Å². The van der Waals surface area contributed by atoms with Crippen molar-refractivity contribution in [2.75, 3.05) is 41.7 Å². The van der Waals surface area contributed by atoms with Gasteiger partial charge in [0, 0.05) is 42.0 Å². The number of likely N-dealkylation sites (tertiary alicyclic amines) is 1. The van der Waals surface area contributed by atoms with E-state index in [9.17, 15) is 9.59 Å². The quantitative estimate of drug-likeness (QED) is 0.635. The molecule has 2 heterocycles. The Bertz CT molecular complexity index is 921. The highest BCUT2D eigenvalue weighted by Gasteiger charge is 2.25. The first-order valence-corrected chi connectivity index (χ1v) is 11.4. The van der Waals surface area contributed by atoms with Crippen LogP contribution in [0.4, 0.5) is 21.9 Å². The second-order valence-electron chi connectivity index (χ2n) is 7.84. The van der Waals surface area contributed by atoms with Crippen molar-refractivity contribution in [3.8, 4) is 0 Å². The zero-order valence-corrected chi connectivity index (χ0v) is 18.6. The van der Waals surface area contributed by atoms with Crippen LogP contribution in [-0.2, 0) is 0 Å². The summed E-state index contributed by atoms with van der Waals surface area (Å²) in [7, 11) is 0. The molecule has 0 aromatic heterocycles. The molecule has 2 saturated heterocycles. The van der Waals surface area contributed by atoms with Crippen LogP contribution in [0.25, 0.3) is 0 Å². The van der Waals surface area contributed by atoms with Gasteiger partial charge in [-0.25, -0.2) is 4.79 Å². The molecular weight excluding hydrogens is 444 g/mol. The van der Waals surface area contributed by atoms with Gasteiger partial charge in [0.2, 0.25) is 0 Å². The van der Waals surface area contributed by atoms with Crippen LogP contribution < -0.4 is 15.5 Å². The number of nitrogens with one attached hydrogen (secondary N) is 2. The Balaban J connectivity index is 1.55. The van der Waals surface area contributed by atoms with Gasteiger partial charge in [-0.3, -0.25) is 4.79 Å². The number of halogens is 1. The lowest BCUT2D eigenvalue weighted by Crippen LogP contribution is -2.36. The molecule has 2 aliphatic rings. The average Bonchev–Trinajstić information content (AvgIpc) is 3.30. The third kappa shape index (κ3) is 4.78. The number of benzene rings is 2. The minimum absolute atomic E-state index is 0.0615. The predicted octanol–water partition coefficient (Wildman–Crippen LogP) is 5.32. The molecule has 0 unspecified atom stereocenters. The van der Waals surface area contributed by atoms with Gasteiger partial charge in [-0.05, 0) is 78.4 Å². The van der Waals surface area contributed by atoms with Crippen molar-refractivity contribution in [1.29, 1.82) is 0 Å². The molecule has 0 bridgehead atoms. The summed E-state index contributed by atoms with van der Waals surface area (Å²) in [4.78, 5) is 30.1. The second kappa shape index (κ2) is 9.51. The molecule has 0 aliphatic carbocycles. The smallest absolute Gasteiger partial charge is 0.323 e. The normalized spacial score (nSPS) is 16.4. The molecule has 2 aromatic rings. The van der Waals surface area contributed by atoms with Crippen LogP contribution in [0.1, 0.15) is 42.5 Å². The van der Waals surface area contributed by atoms with Gasteiger partial charge in [0.25, 0.3) is 5.91 Å². The molecule has 2 aromatic carbocycles. The lowest BCUT2D eigenvalue weighted by atomic mass is 10.1. The van der Waals surface area contributed by atoms with Gasteiger partial charge in [0.15, 0.2) is 0 Å². The molecule has 2 aliphatic heterocycles. The van der Waals surface area contributed by atoms with Gasteiger partial charge in [-0.2, -0.15) is 0 Å². The van der Waals surface area contributed by atoms with Gasteiger partial charge < -0.3 is 20.4 Å². The number of anilines is 3. The summed E-state index contributed by atoms with van der Waals surface area (Å²) in [5.41, 5.74) is 2.95. The first-order valence-electron chi connectivity index (χ1n) is 10.6. The Morgan fingerprint density at radius 1 is 0.833 bits per heavy atom. The standard InChI is InChI=1S/C23H27BrN4O2/c24-19-8-2-3-9-20(19)26-23(30)25-17-10-11-21(27-12-6-7-13-27)18(16-17)22(29)28-14-4-1-5-15-28/h2-3,8-11,16H,1,4-7,12-15H2,(H2,25,26,30). The minimum atomic E-state index is -0.341. The van der Waals surface area contributed by atoms with Crippen LogP contribution >= 0.6 is 15.9 Å². The Morgan fingerprint density at radius 3 is 2.27 bits per heavy atom. The lowest BCUT2D eigenvalue weighted by molar-refractivity contribution is 0.0725. The molecule has 0 radical (unpaired) electrons. The SMILES string of the molecule is O=C(Nc1ccc(N2CCCC2)c(C(=O)N2CCCCC2)c1)Nc1ccccc1Br. The van der Waals surface area contributed by atoms with Crippen molar-refractivity contribution in [3.05, 3.63) is 52.5 Å². The largest absolute Gasteiger partial charge is 0.371 e. The Kier molecular flexibility index (Phi) is 6.57. The monoisotopic (exact) mass is 470 g/mol. The molecule has 0 saturated carbocycles. The van der Waals surface area contributed by atoms with Gasteiger partial charge in [-0.1, -0.05) is 12.1 Å². The highest BCUT2D eigenvalue weighted by Crippen LogP contribution is 2.30. The highest BCUT2D eigenvalue weighted by atomic mass is 79.9. The van der Waals surface area contributed by atoms with E-state index in [0.717, 1.165) is 62.0 Å². The highest BCUT2D eigenvalue weighted by molar-refractivity contribution is 9.10. The number of nitrogens with zero attached hydrogens (tertiary/aromatic N) is 2. The molecule has 30 heavy (non-hydrogen) atoms. The summed E-state index contributed by atoms with van der Waals surface area (Å²) in [6.45, 7) is 3.54. The molecule has 3 amide bonds. The fourth-order valence-corrected chi connectivity index (χ4v) is 4.52. The molecule has 6 nitrogen and oxygen atoms in total. The third-order valence-corrected chi connectivity index (χ3v) is 6.39. The van der Waals surface area contributed by atoms with E-state index in [-0.39, 0.29) is 11.9 Å². The Labute approximate surface area is 185 Å². The van der Waals surface area contributed by atoms with Crippen molar-refractivity contribution < 1.29 is 9.59 Å². The maximum Gasteiger partial charge on any atom is 0.323 e. The maximum atomic E-state index is 13.3. The van der Waals surface area contributed by atoms with E-state index in [4.69, 9.17) is 0 Å². The number of hydrogen-bond acceptors (Lipinski definition) is 3. The van der Waals surface area contributed by atoms with Gasteiger partial charge in [0.1, 0.15) is 0 Å². The molecule has 2 fully saturated rings. The van der Waals surface area contributed by atoms with E-state index < -0.39 is 0 Å². The first kappa shape index (κ1) is 20.7. The summed E-state index contributed by atoms with van der Waals surface area (Å²) >= 11 is 3.43. The first-order chi connectivity index (χ1) is 14.6. The summed E-state index contributed by atoms with van der Waals surface area (Å²) in [5, 5.41) is 5.71. The van der Waals surface area contributed by atoms with E-state index in [1.807, 2.05) is 47.4 Å². The van der Waals surface area contributed by atoms with Crippen LogP contribution in [0.2, 0.25) is 0 Å². The average molecular weight is 471 g/mol. The number of carbonyl (C=O) groups excluding carboxylic acids is 2. The third-order valence-electron chi connectivity index (χ3n) is 5.70. The topological polar surface area (TPSA) is 64.7 Å². The van der Waals surface area contributed by atoms with Crippen molar-refractivity contribution in [1.82, 2.24) is 4.90 Å². The summed E-state index contributed by atoms with van der Waals surface area (Å²) in [6.07, 6.45) is 5.57. The molecular formula is C23H27BrN4O2. The number of rotatable bonds is 4. The fourth-order valence-electron chi connectivity index (χ4n) is 4.13. The molecule has 2 N–H and O–H groups in total. The van der Waals surface area contributed by atoms with Crippen molar-refractivity contribution >= 4 is 44.9 Å². The Hall–Kier alpha value is -2.54. The number of para-hydroxylation sites is 1. The number of piperidine rings is 1. The van der Waals surface area contributed by atoms with Crippen LogP contribution in [-0.4, -0.2) is 43.0 Å². The van der Waals surface area contributed by atoms with Crippen LogP contribution in [0.15, 0.2) is 46.9 Å². The fraction of sp³-hybridized carbons (Fsp3) is 0.391. The minimum Gasteiger partial charge on any atom is -0.371 e. The van der Waals surface area contributed by atoms with Crippen molar-refractivity contribution in [3.63, 3.8) is 0 Å². The Morgan fingerprint density at radius 2 is 1.53 bits per heavy atom. The van der Waals surface area contributed by atoms with E-state index in [1.54, 1.807) is 0 Å². The van der Waals surface area contributed by atoms with E-state index in [1.165, 1.54) is 6.42 Å². The number of urea groups is 1. The zero-order chi connectivity index (χ0) is 20.9. The second-order valence-corrected chi connectivity index (χ2v) is 8.69.